The van der Waals surface area contributed by atoms with Gasteiger partial charge in [-0.1, -0.05) is 65.0 Å². The van der Waals surface area contributed by atoms with Gasteiger partial charge in [-0.2, -0.15) is 0 Å². The smallest absolute Gasteiger partial charge is 0.407 e. The molecule has 1 aromatic rings. The molecular weight excluding hydrogens is 734 g/mol. The summed E-state index contributed by atoms with van der Waals surface area (Å²) in [6.45, 7) is 17.5. The highest BCUT2D eigenvalue weighted by Crippen LogP contribution is 2.54. The highest BCUT2D eigenvalue weighted by Gasteiger charge is 2.61. The number of benzene rings is 1. The zero-order valence-corrected chi connectivity index (χ0v) is 35.6. The van der Waals surface area contributed by atoms with E-state index in [0.29, 0.717) is 25.7 Å². The van der Waals surface area contributed by atoms with Crippen LogP contribution in [-0.4, -0.2) is 107 Å². The van der Waals surface area contributed by atoms with Crippen molar-refractivity contribution >= 4 is 12.1 Å². The summed E-state index contributed by atoms with van der Waals surface area (Å²) in [4.78, 5) is 24.7. The van der Waals surface area contributed by atoms with Gasteiger partial charge in [-0.3, -0.25) is 4.79 Å². The van der Waals surface area contributed by atoms with E-state index in [4.69, 9.17) is 33.2 Å². The number of carboxylic acid groups (broad SMARTS) is 1. The minimum Gasteiger partial charge on any atom is -0.481 e. The van der Waals surface area contributed by atoms with Crippen LogP contribution in [0.25, 0.3) is 0 Å². The highest BCUT2D eigenvalue weighted by molar-refractivity contribution is 5.70. The van der Waals surface area contributed by atoms with Crippen molar-refractivity contribution < 1.29 is 58.1 Å². The molecule has 2 unspecified atom stereocenters. The fourth-order valence-corrected chi connectivity index (χ4v) is 10.8. The number of hydrogen-bond donors (Lipinski definition) is 4. The molecule has 0 radical (unpaired) electrons. The Labute approximate surface area is 338 Å². The first-order valence-electron chi connectivity index (χ1n) is 21.3. The normalized spacial score (nSPS) is 44.4. The topological polar surface area (TPSA) is 171 Å². The molecule has 4 N–H and O–H groups in total. The van der Waals surface area contributed by atoms with Crippen molar-refractivity contribution in [3.05, 3.63) is 35.9 Å². The summed E-state index contributed by atoms with van der Waals surface area (Å²) in [6, 6.07) is 9.35. The molecule has 5 fully saturated rings. The van der Waals surface area contributed by atoms with Crippen LogP contribution in [0.1, 0.15) is 119 Å². The summed E-state index contributed by atoms with van der Waals surface area (Å²) in [7, 11) is 1.52. The molecule has 6 rings (SSSR count). The van der Waals surface area contributed by atoms with Crippen LogP contribution in [0.15, 0.2) is 30.3 Å². The van der Waals surface area contributed by atoms with Gasteiger partial charge in [-0.15, -0.1) is 0 Å². The lowest BCUT2D eigenvalue weighted by Gasteiger charge is -2.48. The fraction of sp³-hybridized carbons (Fsp3) is 0.818. The number of methoxy groups -OCH3 is 1. The number of hydrogen-bond acceptors (Lipinski definition) is 11. The standard InChI is InChI=1S/C44H69NO12/c1-24-20-26(3)44(50,23-52-40(49)45-30(7)31-14-12-11-13-15-31)56-35(24)33-21-25(2)38(53-33)42(9)17-16-34(54-42)41(8)18-19-43(57-41)22-32(46)27(4)37(55-43)28(5)36(51-10)29(6)39(47)48/h11-15,24-30,32-38,46,50H,16-23H2,1-10H3,(H,45,49)(H,47,48)/t24-,25-,26+,27+,28-,29?,30?,32-,33+,34+,35-,36+,37-,38+,41-,42-,43+,44+/m0/s1. The van der Waals surface area contributed by atoms with Gasteiger partial charge in [0.15, 0.2) is 5.79 Å². The highest BCUT2D eigenvalue weighted by atomic mass is 16.7. The summed E-state index contributed by atoms with van der Waals surface area (Å²) in [5, 5.41) is 35.7. The zero-order valence-electron chi connectivity index (χ0n) is 35.6. The van der Waals surface area contributed by atoms with Gasteiger partial charge in [-0.05, 0) is 77.2 Å². The van der Waals surface area contributed by atoms with Crippen molar-refractivity contribution in [2.75, 3.05) is 13.7 Å². The van der Waals surface area contributed by atoms with E-state index in [1.807, 2.05) is 58.0 Å². The SMILES string of the molecule is CO[C@@H](C(C)C(=O)O)[C@H](C)[C@H]1O[C@@]2(CC[C@@](C)([C@H]3CC[C@@](C)([C@@H]4O[C@@H]([C@H]5O[C@](O)(COC(=O)NC(C)c6ccccc6)[C@H](C)C[C@@H]5C)C[C@@H]4C)O3)O2)C[C@H](O)[C@H]1C. The molecule has 5 heterocycles. The Morgan fingerprint density at radius 3 is 2.32 bits per heavy atom. The number of rotatable bonds is 12. The van der Waals surface area contributed by atoms with E-state index in [2.05, 4.69) is 33.0 Å². The van der Waals surface area contributed by atoms with Crippen molar-refractivity contribution in [3.63, 3.8) is 0 Å². The predicted molar refractivity (Wildman–Crippen MR) is 210 cm³/mol. The molecule has 13 nitrogen and oxygen atoms in total. The number of carbonyl (C=O) groups is 2. The van der Waals surface area contributed by atoms with Crippen LogP contribution in [0.3, 0.4) is 0 Å². The number of aliphatic hydroxyl groups excluding tert-OH is 1. The second kappa shape index (κ2) is 17.0. The predicted octanol–water partition coefficient (Wildman–Crippen LogP) is 6.38. The van der Waals surface area contributed by atoms with Gasteiger partial charge < -0.3 is 53.8 Å². The quantitative estimate of drug-likeness (QED) is 0.184. The number of amides is 1. The molecule has 0 saturated carbocycles. The molecule has 0 bridgehead atoms. The molecule has 1 spiro atoms. The van der Waals surface area contributed by atoms with Gasteiger partial charge in [0.25, 0.3) is 0 Å². The molecular formula is C44H69NO12. The monoisotopic (exact) mass is 803 g/mol. The minimum atomic E-state index is -1.67. The number of carbonyl (C=O) groups excluding carboxylic acids is 1. The Morgan fingerprint density at radius 2 is 1.65 bits per heavy atom. The number of carboxylic acids is 1. The van der Waals surface area contributed by atoms with Gasteiger partial charge in [0.1, 0.15) is 6.61 Å². The number of ether oxygens (including phenoxy) is 7. The molecule has 5 aliphatic rings. The number of alkyl carbamates (subject to hydrolysis) is 1. The summed E-state index contributed by atoms with van der Waals surface area (Å²) >= 11 is 0. The van der Waals surface area contributed by atoms with Crippen molar-refractivity contribution in [2.24, 2.45) is 35.5 Å². The molecule has 5 aliphatic heterocycles. The molecule has 57 heavy (non-hydrogen) atoms. The van der Waals surface area contributed by atoms with E-state index < -0.39 is 65.2 Å². The third-order valence-corrected chi connectivity index (χ3v) is 14.5. The van der Waals surface area contributed by atoms with Crippen molar-refractivity contribution in [1.29, 1.82) is 0 Å². The van der Waals surface area contributed by atoms with Crippen LogP contribution in [0.5, 0.6) is 0 Å². The van der Waals surface area contributed by atoms with Crippen molar-refractivity contribution in [3.8, 4) is 0 Å². The largest absolute Gasteiger partial charge is 0.481 e. The average Bonchev–Trinajstić information content (AvgIpc) is 3.87. The van der Waals surface area contributed by atoms with Gasteiger partial charge >= 0.3 is 12.1 Å². The van der Waals surface area contributed by atoms with Gasteiger partial charge in [0.05, 0.1) is 65.9 Å². The third-order valence-electron chi connectivity index (χ3n) is 14.5. The molecule has 5 saturated heterocycles. The molecule has 0 aliphatic carbocycles. The lowest BCUT2D eigenvalue weighted by Crippen LogP contribution is -2.57. The molecule has 322 valence electrons. The van der Waals surface area contributed by atoms with E-state index >= 15 is 0 Å². The Morgan fingerprint density at radius 1 is 0.947 bits per heavy atom. The van der Waals surface area contributed by atoms with Crippen LogP contribution < -0.4 is 5.32 Å². The maximum Gasteiger partial charge on any atom is 0.407 e. The molecule has 0 aromatic heterocycles. The number of nitrogens with one attached hydrogen (secondary N) is 1. The van der Waals surface area contributed by atoms with Crippen molar-refractivity contribution in [1.82, 2.24) is 5.32 Å². The summed E-state index contributed by atoms with van der Waals surface area (Å²) in [6.07, 6.45) is 0.955. The molecule has 13 heteroatoms. The first kappa shape index (κ1) is 44.2. The summed E-state index contributed by atoms with van der Waals surface area (Å²) in [5.41, 5.74) is -0.332. The van der Waals surface area contributed by atoms with Gasteiger partial charge in [-0.25, -0.2) is 4.79 Å². The van der Waals surface area contributed by atoms with E-state index in [1.165, 1.54) is 7.11 Å². The van der Waals surface area contributed by atoms with E-state index in [-0.39, 0.29) is 60.6 Å². The average molecular weight is 804 g/mol. The lowest BCUT2D eigenvalue weighted by atomic mass is 9.78. The Bertz CT molecular complexity index is 1550. The third kappa shape index (κ3) is 8.92. The molecule has 1 amide bonds. The molecule has 1 aromatic carbocycles. The second-order valence-corrected chi connectivity index (χ2v) is 18.9. The minimum absolute atomic E-state index is 0.0989. The maximum atomic E-state index is 12.8. The lowest BCUT2D eigenvalue weighted by molar-refractivity contribution is -0.336. The van der Waals surface area contributed by atoms with Gasteiger partial charge in [0.2, 0.25) is 5.79 Å². The van der Waals surface area contributed by atoms with E-state index in [9.17, 15) is 24.9 Å². The first-order chi connectivity index (χ1) is 26.7. The Hall–Kier alpha value is -2.36. The number of aliphatic hydroxyl groups is 2. The summed E-state index contributed by atoms with van der Waals surface area (Å²) < 4.78 is 45.3. The van der Waals surface area contributed by atoms with Crippen molar-refractivity contribution in [2.45, 2.75) is 179 Å². The molecule has 18 atom stereocenters. The van der Waals surface area contributed by atoms with Crippen LogP contribution >= 0.6 is 0 Å². The van der Waals surface area contributed by atoms with E-state index in [1.54, 1.807) is 6.92 Å². The van der Waals surface area contributed by atoms with Crippen LogP contribution in [-0.2, 0) is 38.0 Å². The maximum absolute atomic E-state index is 12.8. The Balaban J connectivity index is 1.07. The zero-order chi connectivity index (χ0) is 41.7. The first-order valence-corrected chi connectivity index (χ1v) is 21.3. The van der Waals surface area contributed by atoms with Crippen LogP contribution in [0.2, 0.25) is 0 Å². The number of aliphatic carboxylic acids is 1. The Kier molecular flexibility index (Phi) is 13.1. The van der Waals surface area contributed by atoms with Crippen LogP contribution in [0.4, 0.5) is 4.79 Å². The fourth-order valence-electron chi connectivity index (χ4n) is 10.8. The summed E-state index contributed by atoms with van der Waals surface area (Å²) in [5.74, 6) is -4.96. The van der Waals surface area contributed by atoms with E-state index in [0.717, 1.165) is 24.8 Å². The van der Waals surface area contributed by atoms with Gasteiger partial charge in [0, 0.05) is 37.7 Å². The second-order valence-electron chi connectivity index (χ2n) is 18.9. The van der Waals surface area contributed by atoms with Crippen LogP contribution in [0, 0.1) is 35.5 Å².